The largest absolute Gasteiger partial charge is 0.489 e. The highest BCUT2D eigenvalue weighted by atomic mass is 35.5. The number of ether oxygens (including phenoxy) is 2. The molecule has 0 bridgehead atoms. The zero-order valence-corrected chi connectivity index (χ0v) is 15.5. The topological polar surface area (TPSA) is 36.3 Å². The Morgan fingerprint density at radius 3 is 2.79 bits per heavy atom. The minimum Gasteiger partial charge on any atom is -0.489 e. The average molecular weight is 371 g/mol. The van der Waals surface area contributed by atoms with Gasteiger partial charge >= 0.3 is 0 Å². The van der Waals surface area contributed by atoms with Gasteiger partial charge in [0.25, 0.3) is 0 Å². The van der Waals surface area contributed by atoms with Gasteiger partial charge in [-0.15, -0.1) is 0 Å². The fourth-order valence-electron chi connectivity index (χ4n) is 2.34. The van der Waals surface area contributed by atoms with Gasteiger partial charge in [0, 0.05) is 24.0 Å². The number of nitrogens with zero attached hydrogens (tertiary/aromatic N) is 2. The minimum absolute atomic E-state index is 0.0624. The van der Waals surface area contributed by atoms with Crippen LogP contribution in [0.1, 0.15) is 32.6 Å². The van der Waals surface area contributed by atoms with Gasteiger partial charge in [-0.05, 0) is 24.6 Å². The number of benzene rings is 1. The van der Waals surface area contributed by atoms with Crippen molar-refractivity contribution in [3.63, 3.8) is 0 Å². The van der Waals surface area contributed by atoms with Crippen molar-refractivity contribution in [2.75, 3.05) is 13.2 Å². The fourth-order valence-corrected chi connectivity index (χ4v) is 2.80. The van der Waals surface area contributed by atoms with Gasteiger partial charge in [0.15, 0.2) is 0 Å². The Morgan fingerprint density at radius 2 is 2.08 bits per heavy atom. The molecule has 0 aliphatic heterocycles. The molecular formula is C18H24Cl2N2O2. The molecule has 132 valence electrons. The SMILES string of the molecule is CCCCCCOC(COc1ccc(Cl)cc1Cl)Cn1ccnc1. The smallest absolute Gasteiger partial charge is 0.138 e. The monoisotopic (exact) mass is 370 g/mol. The molecule has 1 atom stereocenters. The van der Waals surface area contributed by atoms with Crippen LogP contribution in [0.5, 0.6) is 5.75 Å². The van der Waals surface area contributed by atoms with Crippen LogP contribution in [0.3, 0.4) is 0 Å². The minimum atomic E-state index is -0.0624. The second-order valence-corrected chi connectivity index (χ2v) is 6.54. The van der Waals surface area contributed by atoms with Gasteiger partial charge < -0.3 is 14.0 Å². The number of unbranched alkanes of at least 4 members (excludes halogenated alkanes) is 3. The quantitative estimate of drug-likeness (QED) is 0.507. The first-order chi connectivity index (χ1) is 11.7. The Hall–Kier alpha value is -1.23. The summed E-state index contributed by atoms with van der Waals surface area (Å²) in [5, 5.41) is 1.10. The summed E-state index contributed by atoms with van der Waals surface area (Å²) in [5.74, 6) is 0.617. The van der Waals surface area contributed by atoms with E-state index in [1.165, 1.54) is 19.3 Å². The van der Waals surface area contributed by atoms with Gasteiger partial charge in [0.05, 0.1) is 17.9 Å². The van der Waals surface area contributed by atoms with E-state index >= 15 is 0 Å². The molecule has 1 heterocycles. The van der Waals surface area contributed by atoms with Crippen molar-refractivity contribution < 1.29 is 9.47 Å². The molecule has 1 aromatic heterocycles. The molecule has 2 rings (SSSR count). The van der Waals surface area contributed by atoms with E-state index in [9.17, 15) is 0 Å². The number of hydrogen-bond acceptors (Lipinski definition) is 3. The lowest BCUT2D eigenvalue weighted by atomic mass is 10.2. The normalized spacial score (nSPS) is 12.3. The molecule has 0 amide bonds. The van der Waals surface area contributed by atoms with Gasteiger partial charge in [0.1, 0.15) is 18.5 Å². The zero-order chi connectivity index (χ0) is 17.2. The number of hydrogen-bond donors (Lipinski definition) is 0. The van der Waals surface area contributed by atoms with E-state index in [4.69, 9.17) is 32.7 Å². The molecule has 0 radical (unpaired) electrons. The molecule has 2 aromatic rings. The first-order valence-electron chi connectivity index (χ1n) is 8.34. The standard InChI is InChI=1S/C18H24Cl2N2O2/c1-2-3-4-5-10-23-16(12-22-9-8-21-14-22)13-24-18-7-6-15(19)11-17(18)20/h6-9,11,14,16H,2-5,10,12-13H2,1H3. The Balaban J connectivity index is 1.86. The summed E-state index contributed by atoms with van der Waals surface area (Å²) in [7, 11) is 0. The molecule has 0 fully saturated rings. The lowest BCUT2D eigenvalue weighted by molar-refractivity contribution is 0.00813. The average Bonchev–Trinajstić information content (AvgIpc) is 3.06. The van der Waals surface area contributed by atoms with Crippen LogP contribution in [-0.4, -0.2) is 28.9 Å². The van der Waals surface area contributed by atoms with Crippen molar-refractivity contribution in [1.82, 2.24) is 9.55 Å². The zero-order valence-electron chi connectivity index (χ0n) is 14.0. The van der Waals surface area contributed by atoms with Gasteiger partial charge in [-0.25, -0.2) is 4.98 Å². The number of imidazole rings is 1. The summed E-state index contributed by atoms with van der Waals surface area (Å²) in [6, 6.07) is 5.22. The maximum Gasteiger partial charge on any atom is 0.138 e. The molecular weight excluding hydrogens is 347 g/mol. The van der Waals surface area contributed by atoms with E-state index in [1.807, 2.05) is 10.8 Å². The Kier molecular flexibility index (Phi) is 8.43. The van der Waals surface area contributed by atoms with Crippen LogP contribution in [0.2, 0.25) is 10.0 Å². The summed E-state index contributed by atoms with van der Waals surface area (Å²) in [4.78, 5) is 4.07. The van der Waals surface area contributed by atoms with Gasteiger partial charge in [-0.3, -0.25) is 0 Å². The molecule has 0 aliphatic rings. The molecule has 0 spiro atoms. The maximum atomic E-state index is 6.15. The fraction of sp³-hybridized carbons (Fsp3) is 0.500. The van der Waals surface area contributed by atoms with Crippen molar-refractivity contribution in [2.24, 2.45) is 0 Å². The van der Waals surface area contributed by atoms with E-state index in [0.717, 1.165) is 13.0 Å². The first-order valence-corrected chi connectivity index (χ1v) is 9.10. The highest BCUT2D eigenvalue weighted by Crippen LogP contribution is 2.27. The van der Waals surface area contributed by atoms with E-state index in [0.29, 0.717) is 28.9 Å². The van der Waals surface area contributed by atoms with Crippen molar-refractivity contribution in [2.45, 2.75) is 45.3 Å². The molecule has 6 heteroatoms. The molecule has 0 aliphatic carbocycles. The number of rotatable bonds is 11. The summed E-state index contributed by atoms with van der Waals surface area (Å²) in [6.45, 7) is 4.05. The molecule has 1 aromatic carbocycles. The van der Waals surface area contributed by atoms with Crippen LogP contribution in [0.25, 0.3) is 0 Å². The van der Waals surface area contributed by atoms with Gasteiger partial charge in [-0.2, -0.15) is 0 Å². The van der Waals surface area contributed by atoms with Crippen LogP contribution in [0.15, 0.2) is 36.9 Å². The predicted octanol–water partition coefficient (Wildman–Crippen LogP) is 5.23. The third-order valence-corrected chi connectivity index (χ3v) is 4.17. The lowest BCUT2D eigenvalue weighted by Gasteiger charge is -2.19. The third kappa shape index (κ3) is 6.71. The summed E-state index contributed by atoms with van der Waals surface area (Å²) in [5.41, 5.74) is 0. The molecule has 0 saturated carbocycles. The van der Waals surface area contributed by atoms with Crippen LogP contribution in [0, 0.1) is 0 Å². The highest BCUT2D eigenvalue weighted by Gasteiger charge is 2.13. The van der Waals surface area contributed by atoms with Crippen molar-refractivity contribution in [1.29, 1.82) is 0 Å². The Morgan fingerprint density at radius 1 is 1.21 bits per heavy atom. The van der Waals surface area contributed by atoms with Crippen LogP contribution >= 0.6 is 23.2 Å². The molecule has 0 N–H and O–H groups in total. The first kappa shape index (κ1) is 19.1. The summed E-state index contributed by atoms with van der Waals surface area (Å²) < 4.78 is 13.8. The number of aromatic nitrogens is 2. The molecule has 24 heavy (non-hydrogen) atoms. The van der Waals surface area contributed by atoms with Gasteiger partial charge in [-0.1, -0.05) is 49.4 Å². The second kappa shape index (κ2) is 10.6. The van der Waals surface area contributed by atoms with E-state index in [2.05, 4.69) is 11.9 Å². The lowest BCUT2D eigenvalue weighted by Crippen LogP contribution is -2.27. The molecule has 4 nitrogen and oxygen atoms in total. The third-order valence-electron chi connectivity index (χ3n) is 3.64. The number of halogens is 2. The molecule has 1 unspecified atom stereocenters. The second-order valence-electron chi connectivity index (χ2n) is 5.70. The predicted molar refractivity (Wildman–Crippen MR) is 98.1 cm³/mol. The van der Waals surface area contributed by atoms with Crippen LogP contribution in [-0.2, 0) is 11.3 Å². The van der Waals surface area contributed by atoms with Crippen LogP contribution < -0.4 is 4.74 Å². The maximum absolute atomic E-state index is 6.15. The van der Waals surface area contributed by atoms with Crippen molar-refractivity contribution in [3.8, 4) is 5.75 Å². The van der Waals surface area contributed by atoms with Gasteiger partial charge in [0.2, 0.25) is 0 Å². The summed E-state index contributed by atoms with van der Waals surface area (Å²) >= 11 is 12.1. The van der Waals surface area contributed by atoms with E-state index in [1.54, 1.807) is 30.7 Å². The van der Waals surface area contributed by atoms with Crippen LogP contribution in [0.4, 0.5) is 0 Å². The Bertz CT molecular complexity index is 591. The molecule has 0 saturated heterocycles. The van der Waals surface area contributed by atoms with Crippen molar-refractivity contribution >= 4 is 23.2 Å². The van der Waals surface area contributed by atoms with E-state index < -0.39 is 0 Å². The summed E-state index contributed by atoms with van der Waals surface area (Å²) in [6.07, 6.45) is 10.1. The Labute approximate surface area is 153 Å². The van der Waals surface area contributed by atoms with E-state index in [-0.39, 0.29) is 6.10 Å². The van der Waals surface area contributed by atoms with Crippen molar-refractivity contribution in [3.05, 3.63) is 47.0 Å². The highest BCUT2D eigenvalue weighted by molar-refractivity contribution is 6.35.